The Bertz CT molecular complexity index is 951. The van der Waals surface area contributed by atoms with Gasteiger partial charge < -0.3 is 0 Å². The number of benzene rings is 3. The number of rotatable bonds is 1. The summed E-state index contributed by atoms with van der Waals surface area (Å²) >= 11 is 0. The van der Waals surface area contributed by atoms with Crippen molar-refractivity contribution in [1.82, 2.24) is 0 Å². The molecule has 4 aromatic rings. The maximum absolute atomic E-state index is 14.7. The van der Waals surface area contributed by atoms with Crippen molar-refractivity contribution in [1.29, 1.82) is 0 Å². The minimum atomic E-state index is -0.219. The summed E-state index contributed by atoms with van der Waals surface area (Å²) in [6, 6.07) is 22.2. The molecule has 3 aromatic carbocycles. The van der Waals surface area contributed by atoms with Crippen LogP contribution in [-0.2, 0) is 7.05 Å². The van der Waals surface area contributed by atoms with Gasteiger partial charge in [-0.05, 0) is 33.7 Å². The van der Waals surface area contributed by atoms with Crippen molar-refractivity contribution in [2.45, 2.75) is 0 Å². The first-order chi connectivity index (χ1) is 10.8. The van der Waals surface area contributed by atoms with Gasteiger partial charge >= 0.3 is 5.95 Å². The fraction of sp³-hybridized carbons (Fsp3) is 0.0500. The number of pyridine rings is 1. The molecule has 0 saturated heterocycles. The standard InChI is InChI=1S/C20H15FN/c1-22-12-6-11-18(20(22)21)19-16-9-4-2-7-14(16)13-15-8-3-5-10-17(15)19/h2-13H,1H3/q+1. The summed E-state index contributed by atoms with van der Waals surface area (Å²) in [5, 5.41) is 4.40. The van der Waals surface area contributed by atoms with Crippen LogP contribution in [0.25, 0.3) is 32.7 Å². The van der Waals surface area contributed by atoms with Crippen LogP contribution in [0.2, 0.25) is 0 Å². The second kappa shape index (κ2) is 4.92. The van der Waals surface area contributed by atoms with E-state index in [1.165, 1.54) is 4.57 Å². The van der Waals surface area contributed by atoms with Crippen LogP contribution in [0, 0.1) is 5.95 Å². The van der Waals surface area contributed by atoms with E-state index in [1.807, 2.05) is 36.4 Å². The molecule has 1 aromatic heterocycles. The van der Waals surface area contributed by atoms with Crippen LogP contribution >= 0.6 is 0 Å². The second-order valence-electron chi connectivity index (χ2n) is 5.52. The lowest BCUT2D eigenvalue weighted by atomic mass is 9.92. The van der Waals surface area contributed by atoms with E-state index in [2.05, 4.69) is 30.3 Å². The zero-order valence-corrected chi connectivity index (χ0v) is 12.3. The van der Waals surface area contributed by atoms with Crippen LogP contribution in [-0.4, -0.2) is 0 Å². The highest BCUT2D eigenvalue weighted by molar-refractivity contribution is 6.12. The maximum Gasteiger partial charge on any atom is 0.367 e. The molecule has 0 aliphatic rings. The Balaban J connectivity index is 2.24. The van der Waals surface area contributed by atoms with Gasteiger partial charge in [0.1, 0.15) is 7.05 Å². The van der Waals surface area contributed by atoms with Crippen LogP contribution in [0.1, 0.15) is 0 Å². The predicted molar refractivity (Wildman–Crippen MR) is 88.0 cm³/mol. The third-order valence-corrected chi connectivity index (χ3v) is 4.15. The van der Waals surface area contributed by atoms with E-state index in [9.17, 15) is 4.39 Å². The largest absolute Gasteiger partial charge is 0.367 e. The lowest BCUT2D eigenvalue weighted by Gasteiger charge is -2.11. The summed E-state index contributed by atoms with van der Waals surface area (Å²) < 4.78 is 16.2. The molecular weight excluding hydrogens is 273 g/mol. The van der Waals surface area contributed by atoms with Gasteiger partial charge in [0.2, 0.25) is 0 Å². The third-order valence-electron chi connectivity index (χ3n) is 4.15. The van der Waals surface area contributed by atoms with Crippen LogP contribution in [0.15, 0.2) is 72.9 Å². The predicted octanol–water partition coefficient (Wildman–Crippen LogP) is 4.62. The first-order valence-electron chi connectivity index (χ1n) is 7.31. The fourth-order valence-corrected chi connectivity index (χ4v) is 3.08. The summed E-state index contributed by atoms with van der Waals surface area (Å²) in [6.45, 7) is 0. The lowest BCUT2D eigenvalue weighted by Crippen LogP contribution is -2.32. The van der Waals surface area contributed by atoms with E-state index in [1.54, 1.807) is 13.2 Å². The molecule has 0 radical (unpaired) electrons. The SMILES string of the molecule is C[n+]1cccc(-c2c3ccccc3cc3ccccc23)c1F. The highest BCUT2D eigenvalue weighted by Gasteiger charge is 2.18. The monoisotopic (exact) mass is 288 g/mol. The number of aryl methyl sites for hydroxylation is 1. The minimum absolute atomic E-state index is 0.219. The first-order valence-corrected chi connectivity index (χ1v) is 7.31. The molecule has 0 saturated carbocycles. The summed E-state index contributed by atoms with van der Waals surface area (Å²) in [5.74, 6) is -0.219. The Morgan fingerprint density at radius 3 is 2.00 bits per heavy atom. The molecule has 0 aliphatic carbocycles. The van der Waals surface area contributed by atoms with Gasteiger partial charge in [0.05, 0.1) is 5.56 Å². The third kappa shape index (κ3) is 1.88. The molecule has 0 unspecified atom stereocenters. The number of halogens is 1. The van der Waals surface area contributed by atoms with E-state index < -0.39 is 0 Å². The first kappa shape index (κ1) is 13.0. The molecule has 0 N–H and O–H groups in total. The molecule has 0 bridgehead atoms. The molecule has 0 spiro atoms. The summed E-state index contributed by atoms with van der Waals surface area (Å²) in [6.07, 6.45) is 1.73. The quantitative estimate of drug-likeness (QED) is 0.273. The molecule has 1 nitrogen and oxygen atoms in total. The minimum Gasteiger partial charge on any atom is -0.176 e. The van der Waals surface area contributed by atoms with Gasteiger partial charge in [-0.25, -0.2) is 0 Å². The number of hydrogen-bond donors (Lipinski definition) is 0. The molecule has 2 heteroatoms. The molecular formula is C20H15FN+. The maximum atomic E-state index is 14.7. The number of nitrogens with zero attached hydrogens (tertiary/aromatic N) is 1. The van der Waals surface area contributed by atoms with E-state index in [4.69, 9.17) is 0 Å². The molecule has 1 heterocycles. The zero-order chi connectivity index (χ0) is 15.1. The van der Waals surface area contributed by atoms with E-state index >= 15 is 0 Å². The molecule has 4 rings (SSSR count). The van der Waals surface area contributed by atoms with Gasteiger partial charge in [-0.1, -0.05) is 48.5 Å². The highest BCUT2D eigenvalue weighted by atomic mass is 19.1. The van der Waals surface area contributed by atoms with Gasteiger partial charge in [-0.2, -0.15) is 4.57 Å². The Hall–Kier alpha value is -2.74. The summed E-state index contributed by atoms with van der Waals surface area (Å²) in [5.41, 5.74) is 1.60. The average molecular weight is 288 g/mol. The summed E-state index contributed by atoms with van der Waals surface area (Å²) in [7, 11) is 1.73. The summed E-state index contributed by atoms with van der Waals surface area (Å²) in [4.78, 5) is 0. The molecule has 22 heavy (non-hydrogen) atoms. The molecule has 0 aliphatic heterocycles. The number of hydrogen-bond acceptors (Lipinski definition) is 0. The van der Waals surface area contributed by atoms with Crippen LogP contribution in [0.4, 0.5) is 4.39 Å². The van der Waals surface area contributed by atoms with E-state index in [0.29, 0.717) is 5.56 Å². The van der Waals surface area contributed by atoms with Crippen molar-refractivity contribution >= 4 is 21.5 Å². The van der Waals surface area contributed by atoms with Crippen molar-refractivity contribution < 1.29 is 8.96 Å². The van der Waals surface area contributed by atoms with E-state index in [0.717, 1.165) is 27.1 Å². The Kier molecular flexibility index (Phi) is 2.90. The smallest absolute Gasteiger partial charge is 0.176 e. The van der Waals surface area contributed by atoms with Gasteiger partial charge in [0.15, 0.2) is 6.20 Å². The molecule has 0 amide bonds. The average Bonchev–Trinajstić information content (AvgIpc) is 2.55. The van der Waals surface area contributed by atoms with Crippen molar-refractivity contribution in [3.63, 3.8) is 0 Å². The number of fused-ring (bicyclic) bond motifs is 2. The van der Waals surface area contributed by atoms with Crippen molar-refractivity contribution in [3.05, 3.63) is 78.9 Å². The Morgan fingerprint density at radius 1 is 0.773 bits per heavy atom. The fourth-order valence-electron chi connectivity index (χ4n) is 3.08. The molecule has 106 valence electrons. The normalized spacial score (nSPS) is 11.2. The lowest BCUT2D eigenvalue weighted by molar-refractivity contribution is -0.699. The topological polar surface area (TPSA) is 3.88 Å². The number of aromatic nitrogens is 1. The van der Waals surface area contributed by atoms with Crippen LogP contribution in [0.3, 0.4) is 0 Å². The second-order valence-corrected chi connectivity index (χ2v) is 5.52. The van der Waals surface area contributed by atoms with Crippen molar-refractivity contribution in [2.24, 2.45) is 7.05 Å². The van der Waals surface area contributed by atoms with Crippen molar-refractivity contribution in [2.75, 3.05) is 0 Å². The molecule has 0 fully saturated rings. The van der Waals surface area contributed by atoms with Gasteiger partial charge in [0.25, 0.3) is 0 Å². The van der Waals surface area contributed by atoms with Gasteiger partial charge in [-0.3, -0.25) is 0 Å². The zero-order valence-electron chi connectivity index (χ0n) is 12.3. The van der Waals surface area contributed by atoms with Crippen molar-refractivity contribution in [3.8, 4) is 11.1 Å². The van der Waals surface area contributed by atoms with Gasteiger partial charge in [-0.15, -0.1) is 4.39 Å². The Labute approximate surface area is 128 Å². The van der Waals surface area contributed by atoms with Crippen LogP contribution in [0.5, 0.6) is 0 Å². The van der Waals surface area contributed by atoms with Gasteiger partial charge in [0, 0.05) is 11.6 Å². The Morgan fingerprint density at radius 2 is 1.36 bits per heavy atom. The molecule has 0 atom stereocenters. The van der Waals surface area contributed by atoms with E-state index in [-0.39, 0.29) is 5.95 Å². The highest BCUT2D eigenvalue weighted by Crippen LogP contribution is 2.36. The van der Waals surface area contributed by atoms with Crippen LogP contribution < -0.4 is 4.57 Å².